The smallest absolute Gasteiger partial charge is 0.151 e. The third-order valence-electron chi connectivity index (χ3n) is 3.33. The van der Waals surface area contributed by atoms with Gasteiger partial charge in [0.2, 0.25) is 0 Å². The van der Waals surface area contributed by atoms with Crippen molar-refractivity contribution in [3.63, 3.8) is 0 Å². The monoisotopic (exact) mass is 322 g/mol. The van der Waals surface area contributed by atoms with Gasteiger partial charge in [-0.2, -0.15) is 0 Å². The summed E-state index contributed by atoms with van der Waals surface area (Å²) in [7, 11) is 0. The minimum atomic E-state index is 0.0918. The Bertz CT molecular complexity index is 659. The number of halogens is 2. The van der Waals surface area contributed by atoms with Crippen molar-refractivity contribution in [3.8, 4) is 0 Å². The molecule has 1 heterocycles. The molecular weight excluding hydrogens is 307 g/mol. The van der Waals surface area contributed by atoms with Gasteiger partial charge in [-0.3, -0.25) is 4.79 Å². The van der Waals surface area contributed by atoms with Crippen LogP contribution in [0.5, 0.6) is 0 Å². The molecule has 1 atom stereocenters. The van der Waals surface area contributed by atoms with Gasteiger partial charge in [-0.25, -0.2) is 4.98 Å². The van der Waals surface area contributed by atoms with Gasteiger partial charge < -0.3 is 5.32 Å². The van der Waals surface area contributed by atoms with Crippen LogP contribution in [0, 0.1) is 6.92 Å². The average molecular weight is 323 g/mol. The maximum Gasteiger partial charge on any atom is 0.151 e. The summed E-state index contributed by atoms with van der Waals surface area (Å²) in [6, 6.07) is 7.69. The number of pyridine rings is 1. The number of nitrogens with zero attached hydrogens (tertiary/aromatic N) is 1. The molecule has 2 aromatic rings. The summed E-state index contributed by atoms with van der Waals surface area (Å²) in [5, 5.41) is 4.43. The number of aromatic nitrogens is 1. The molecule has 110 valence electrons. The molecule has 0 saturated heterocycles. The molecule has 0 fully saturated rings. The third kappa shape index (κ3) is 3.74. The summed E-state index contributed by atoms with van der Waals surface area (Å²) in [6.45, 7) is 4.06. The Morgan fingerprint density at radius 2 is 2.05 bits per heavy atom. The SMILES string of the molecule is CCC(Nc1cc(C=O)c(Cl)cn1)c1ccc(Cl)c(C)c1. The van der Waals surface area contributed by atoms with E-state index in [4.69, 9.17) is 23.2 Å². The molecule has 0 bridgehead atoms. The van der Waals surface area contributed by atoms with Crippen molar-refractivity contribution in [3.05, 3.63) is 57.2 Å². The molecule has 0 aliphatic rings. The molecule has 1 aromatic heterocycles. The molecule has 0 amide bonds. The Balaban J connectivity index is 2.26. The van der Waals surface area contributed by atoms with E-state index >= 15 is 0 Å². The minimum absolute atomic E-state index is 0.0918. The van der Waals surface area contributed by atoms with E-state index in [1.54, 1.807) is 6.07 Å². The molecule has 21 heavy (non-hydrogen) atoms. The molecule has 0 aliphatic carbocycles. The Kier molecular flexibility index (Phi) is 5.21. The lowest BCUT2D eigenvalue weighted by Crippen LogP contribution is -2.11. The highest BCUT2D eigenvalue weighted by atomic mass is 35.5. The Morgan fingerprint density at radius 1 is 1.29 bits per heavy atom. The highest BCUT2D eigenvalue weighted by Crippen LogP contribution is 2.26. The van der Waals surface area contributed by atoms with Crippen LogP contribution in [0.3, 0.4) is 0 Å². The van der Waals surface area contributed by atoms with Crippen LogP contribution in [-0.4, -0.2) is 11.3 Å². The minimum Gasteiger partial charge on any atom is -0.363 e. The van der Waals surface area contributed by atoms with Gasteiger partial charge in [0.25, 0.3) is 0 Å². The zero-order valence-electron chi connectivity index (χ0n) is 11.9. The van der Waals surface area contributed by atoms with Gasteiger partial charge >= 0.3 is 0 Å². The fourth-order valence-corrected chi connectivity index (χ4v) is 2.37. The Morgan fingerprint density at radius 3 is 2.67 bits per heavy atom. The normalized spacial score (nSPS) is 12.0. The molecule has 1 aromatic carbocycles. The highest BCUT2D eigenvalue weighted by molar-refractivity contribution is 6.32. The lowest BCUT2D eigenvalue weighted by Gasteiger charge is -2.19. The second kappa shape index (κ2) is 6.92. The number of anilines is 1. The van der Waals surface area contributed by atoms with Crippen molar-refractivity contribution >= 4 is 35.3 Å². The lowest BCUT2D eigenvalue weighted by atomic mass is 10.0. The molecule has 0 aliphatic heterocycles. The fraction of sp³-hybridized carbons (Fsp3) is 0.250. The van der Waals surface area contributed by atoms with Crippen molar-refractivity contribution in [2.45, 2.75) is 26.3 Å². The predicted octanol–water partition coefficient (Wildman–Crippen LogP) is 5.07. The second-order valence-electron chi connectivity index (χ2n) is 4.82. The topological polar surface area (TPSA) is 42.0 Å². The van der Waals surface area contributed by atoms with Crippen LogP contribution in [0.2, 0.25) is 10.0 Å². The molecule has 1 N–H and O–H groups in total. The zero-order chi connectivity index (χ0) is 15.4. The summed E-state index contributed by atoms with van der Waals surface area (Å²) in [5.41, 5.74) is 2.59. The number of rotatable bonds is 5. The van der Waals surface area contributed by atoms with Gasteiger partial charge in [-0.1, -0.05) is 42.3 Å². The average Bonchev–Trinajstić information content (AvgIpc) is 2.49. The maximum atomic E-state index is 10.9. The van der Waals surface area contributed by atoms with Gasteiger partial charge in [0.05, 0.1) is 11.1 Å². The first-order valence-corrected chi connectivity index (χ1v) is 7.44. The van der Waals surface area contributed by atoms with Gasteiger partial charge in [0.1, 0.15) is 5.82 Å². The summed E-state index contributed by atoms with van der Waals surface area (Å²) in [5.74, 6) is 0.626. The van der Waals surface area contributed by atoms with E-state index in [0.717, 1.165) is 28.9 Å². The zero-order valence-corrected chi connectivity index (χ0v) is 13.4. The van der Waals surface area contributed by atoms with E-state index in [1.807, 2.05) is 19.1 Å². The fourth-order valence-electron chi connectivity index (χ4n) is 2.11. The maximum absolute atomic E-state index is 10.9. The molecule has 0 radical (unpaired) electrons. The highest BCUT2D eigenvalue weighted by Gasteiger charge is 2.12. The van der Waals surface area contributed by atoms with Crippen molar-refractivity contribution in [1.82, 2.24) is 4.98 Å². The first kappa shape index (κ1) is 15.8. The summed E-state index contributed by atoms with van der Waals surface area (Å²) in [6.07, 6.45) is 3.08. The first-order valence-electron chi connectivity index (χ1n) is 6.68. The number of nitrogens with one attached hydrogen (secondary N) is 1. The molecule has 5 heteroatoms. The first-order chi connectivity index (χ1) is 10.0. The van der Waals surface area contributed by atoms with E-state index in [0.29, 0.717) is 16.4 Å². The van der Waals surface area contributed by atoms with E-state index in [-0.39, 0.29) is 6.04 Å². The van der Waals surface area contributed by atoms with Crippen LogP contribution in [0.25, 0.3) is 0 Å². The number of carbonyl (C=O) groups excluding carboxylic acids is 1. The molecule has 1 unspecified atom stereocenters. The summed E-state index contributed by atoms with van der Waals surface area (Å²) < 4.78 is 0. The van der Waals surface area contributed by atoms with Crippen LogP contribution in [-0.2, 0) is 0 Å². The molecule has 0 spiro atoms. The van der Waals surface area contributed by atoms with E-state index < -0.39 is 0 Å². The van der Waals surface area contributed by atoms with Gasteiger partial charge in [0, 0.05) is 16.8 Å². The third-order valence-corrected chi connectivity index (χ3v) is 4.07. The lowest BCUT2D eigenvalue weighted by molar-refractivity contribution is 0.112. The number of hydrogen-bond acceptors (Lipinski definition) is 3. The standard InChI is InChI=1S/C16H16Cl2N2O/c1-3-15(11-4-5-13(17)10(2)6-11)20-16-7-12(9-21)14(18)8-19-16/h4-9,15H,3H2,1-2H3,(H,19,20). The molecular formula is C16H16Cl2N2O. The second-order valence-corrected chi connectivity index (χ2v) is 5.64. The quantitative estimate of drug-likeness (QED) is 0.781. The molecule has 2 rings (SSSR count). The Hall–Kier alpha value is -1.58. The van der Waals surface area contributed by atoms with E-state index in [2.05, 4.69) is 23.3 Å². The number of aldehydes is 1. The number of hydrogen-bond donors (Lipinski definition) is 1. The number of carbonyl (C=O) groups is 1. The molecule has 0 saturated carbocycles. The van der Waals surface area contributed by atoms with Crippen molar-refractivity contribution in [2.75, 3.05) is 5.32 Å². The van der Waals surface area contributed by atoms with Crippen LogP contribution in [0.4, 0.5) is 5.82 Å². The summed E-state index contributed by atoms with van der Waals surface area (Å²) >= 11 is 11.9. The van der Waals surface area contributed by atoms with Crippen LogP contribution in [0.15, 0.2) is 30.5 Å². The van der Waals surface area contributed by atoms with Gasteiger partial charge in [-0.15, -0.1) is 0 Å². The van der Waals surface area contributed by atoms with Gasteiger partial charge in [-0.05, 0) is 36.6 Å². The van der Waals surface area contributed by atoms with E-state index in [1.165, 1.54) is 6.20 Å². The van der Waals surface area contributed by atoms with Crippen molar-refractivity contribution < 1.29 is 4.79 Å². The van der Waals surface area contributed by atoms with Crippen LogP contribution in [0.1, 0.15) is 40.9 Å². The molecule has 3 nitrogen and oxygen atoms in total. The van der Waals surface area contributed by atoms with Gasteiger partial charge in [0.15, 0.2) is 6.29 Å². The predicted molar refractivity (Wildman–Crippen MR) is 87.5 cm³/mol. The largest absolute Gasteiger partial charge is 0.363 e. The summed E-state index contributed by atoms with van der Waals surface area (Å²) in [4.78, 5) is 15.1. The van der Waals surface area contributed by atoms with Crippen LogP contribution >= 0.6 is 23.2 Å². The number of benzene rings is 1. The van der Waals surface area contributed by atoms with E-state index in [9.17, 15) is 4.79 Å². The van der Waals surface area contributed by atoms with Crippen molar-refractivity contribution in [1.29, 1.82) is 0 Å². The Labute approximate surface area is 134 Å². The van der Waals surface area contributed by atoms with Crippen molar-refractivity contribution in [2.24, 2.45) is 0 Å². The van der Waals surface area contributed by atoms with Crippen LogP contribution < -0.4 is 5.32 Å². The number of aryl methyl sites for hydroxylation is 1.